The predicted molar refractivity (Wildman–Crippen MR) is 118 cm³/mol. The topological polar surface area (TPSA) is 58.6 Å². The van der Waals surface area contributed by atoms with Crippen LogP contribution in [0.2, 0.25) is 0 Å². The monoisotopic (exact) mass is 402 g/mol. The summed E-state index contributed by atoms with van der Waals surface area (Å²) in [5.74, 6) is 1.81. The van der Waals surface area contributed by atoms with Gasteiger partial charge in [0.25, 0.3) is 0 Å². The molecule has 0 unspecified atom stereocenters. The first-order chi connectivity index (χ1) is 14.6. The average Bonchev–Trinajstić information content (AvgIpc) is 2.81. The van der Waals surface area contributed by atoms with Gasteiger partial charge in [0.05, 0.1) is 19.2 Å². The molecule has 0 aliphatic carbocycles. The molecule has 154 valence electrons. The molecule has 4 rings (SSSR count). The summed E-state index contributed by atoms with van der Waals surface area (Å²) in [6.07, 6.45) is 0.454. The fraction of sp³-hybridized carbons (Fsp3) is 0.292. The van der Waals surface area contributed by atoms with E-state index >= 15 is 0 Å². The van der Waals surface area contributed by atoms with E-state index in [4.69, 9.17) is 4.74 Å². The first kappa shape index (κ1) is 19.9. The van der Waals surface area contributed by atoms with Crippen LogP contribution in [0.3, 0.4) is 0 Å². The molecule has 6 heteroatoms. The van der Waals surface area contributed by atoms with E-state index in [0.717, 1.165) is 41.5 Å². The number of rotatable bonds is 5. The molecule has 1 aliphatic heterocycles. The van der Waals surface area contributed by atoms with Crippen LogP contribution in [0.15, 0.2) is 60.7 Å². The number of aryl methyl sites for hydroxylation is 1. The van der Waals surface area contributed by atoms with Gasteiger partial charge >= 0.3 is 0 Å². The molecule has 1 aromatic heterocycles. The summed E-state index contributed by atoms with van der Waals surface area (Å²) >= 11 is 0. The zero-order valence-electron chi connectivity index (χ0n) is 17.4. The Labute approximate surface area is 177 Å². The van der Waals surface area contributed by atoms with E-state index in [1.54, 1.807) is 7.11 Å². The molecule has 1 aliphatic rings. The lowest BCUT2D eigenvalue weighted by Crippen LogP contribution is -2.49. The van der Waals surface area contributed by atoms with Crippen molar-refractivity contribution in [2.24, 2.45) is 0 Å². The van der Waals surface area contributed by atoms with Gasteiger partial charge in [-0.25, -0.2) is 0 Å². The number of anilines is 1. The molecule has 2 aromatic carbocycles. The molecular weight excluding hydrogens is 376 g/mol. The third kappa shape index (κ3) is 4.59. The quantitative estimate of drug-likeness (QED) is 0.655. The van der Waals surface area contributed by atoms with Gasteiger partial charge in [-0.15, -0.1) is 10.2 Å². The van der Waals surface area contributed by atoms with Gasteiger partial charge in [-0.3, -0.25) is 4.79 Å². The van der Waals surface area contributed by atoms with Gasteiger partial charge in [-0.05, 0) is 36.8 Å². The van der Waals surface area contributed by atoms with Crippen LogP contribution >= 0.6 is 0 Å². The van der Waals surface area contributed by atoms with Crippen molar-refractivity contribution in [1.82, 2.24) is 15.1 Å². The Morgan fingerprint density at radius 2 is 1.73 bits per heavy atom. The minimum atomic E-state index is 0.179. The molecule has 3 aromatic rings. The molecule has 0 radical (unpaired) electrons. The number of hydrogen-bond donors (Lipinski definition) is 0. The molecule has 0 saturated carbocycles. The highest BCUT2D eigenvalue weighted by molar-refractivity contribution is 5.79. The average molecular weight is 402 g/mol. The van der Waals surface area contributed by atoms with E-state index in [9.17, 15) is 4.79 Å². The van der Waals surface area contributed by atoms with Gasteiger partial charge < -0.3 is 14.5 Å². The minimum Gasteiger partial charge on any atom is -0.497 e. The largest absolute Gasteiger partial charge is 0.497 e. The first-order valence-electron chi connectivity index (χ1n) is 10.2. The van der Waals surface area contributed by atoms with Crippen LogP contribution in [0.5, 0.6) is 5.75 Å². The van der Waals surface area contributed by atoms with E-state index in [0.29, 0.717) is 19.5 Å². The molecule has 0 bridgehead atoms. The van der Waals surface area contributed by atoms with Crippen LogP contribution in [0.25, 0.3) is 11.3 Å². The first-order valence-corrected chi connectivity index (χ1v) is 10.2. The molecule has 0 spiro atoms. The summed E-state index contributed by atoms with van der Waals surface area (Å²) in [5.41, 5.74) is 4.05. The van der Waals surface area contributed by atoms with E-state index in [2.05, 4.69) is 34.2 Å². The van der Waals surface area contributed by atoms with Crippen molar-refractivity contribution in [3.05, 3.63) is 71.8 Å². The second-order valence-corrected chi connectivity index (χ2v) is 7.54. The van der Waals surface area contributed by atoms with Gasteiger partial charge in [0.2, 0.25) is 5.91 Å². The molecular formula is C24H26N4O2. The smallest absolute Gasteiger partial charge is 0.227 e. The number of piperazine rings is 1. The molecule has 1 amide bonds. The maximum atomic E-state index is 12.6. The highest BCUT2D eigenvalue weighted by Gasteiger charge is 2.22. The SMILES string of the molecule is COc1cccc(-c2ccc(N3CCN(C(=O)Cc4ccc(C)cc4)CC3)nn2)c1. The number of benzene rings is 2. The lowest BCUT2D eigenvalue weighted by atomic mass is 10.1. The van der Waals surface area contributed by atoms with Crippen molar-refractivity contribution in [1.29, 1.82) is 0 Å². The Balaban J connectivity index is 1.34. The molecule has 0 atom stereocenters. The van der Waals surface area contributed by atoms with Crippen LogP contribution in [-0.4, -0.2) is 54.3 Å². The molecule has 1 fully saturated rings. The Kier molecular flexibility index (Phi) is 5.93. The number of methoxy groups -OCH3 is 1. The van der Waals surface area contributed by atoms with Crippen LogP contribution in [0, 0.1) is 6.92 Å². The number of carbonyl (C=O) groups is 1. The summed E-state index contributed by atoms with van der Waals surface area (Å²) in [5, 5.41) is 8.80. The molecule has 1 saturated heterocycles. The molecule has 30 heavy (non-hydrogen) atoms. The van der Waals surface area contributed by atoms with Gasteiger partial charge in [0, 0.05) is 31.7 Å². The third-order valence-corrected chi connectivity index (χ3v) is 5.45. The number of amides is 1. The summed E-state index contributed by atoms with van der Waals surface area (Å²) < 4.78 is 5.28. The highest BCUT2D eigenvalue weighted by Crippen LogP contribution is 2.23. The Bertz CT molecular complexity index is 994. The maximum Gasteiger partial charge on any atom is 0.227 e. The van der Waals surface area contributed by atoms with Crippen molar-refractivity contribution in [3.63, 3.8) is 0 Å². The Hall–Kier alpha value is -3.41. The fourth-order valence-electron chi connectivity index (χ4n) is 3.61. The second-order valence-electron chi connectivity index (χ2n) is 7.54. The van der Waals surface area contributed by atoms with Crippen molar-refractivity contribution in [2.75, 3.05) is 38.2 Å². The van der Waals surface area contributed by atoms with Crippen molar-refractivity contribution >= 4 is 11.7 Å². The minimum absolute atomic E-state index is 0.179. The number of nitrogens with zero attached hydrogens (tertiary/aromatic N) is 4. The normalized spacial score (nSPS) is 13.9. The van der Waals surface area contributed by atoms with E-state index in [1.807, 2.05) is 53.4 Å². The summed E-state index contributed by atoms with van der Waals surface area (Å²) in [6, 6.07) is 19.9. The van der Waals surface area contributed by atoms with Crippen LogP contribution < -0.4 is 9.64 Å². The molecule has 0 N–H and O–H groups in total. The van der Waals surface area contributed by atoms with E-state index in [1.165, 1.54) is 5.56 Å². The van der Waals surface area contributed by atoms with E-state index in [-0.39, 0.29) is 5.91 Å². The number of hydrogen-bond acceptors (Lipinski definition) is 5. The van der Waals surface area contributed by atoms with Crippen LogP contribution in [0.1, 0.15) is 11.1 Å². The maximum absolute atomic E-state index is 12.6. The van der Waals surface area contributed by atoms with Gasteiger partial charge in [-0.2, -0.15) is 0 Å². The van der Waals surface area contributed by atoms with Gasteiger partial charge in [0.1, 0.15) is 5.75 Å². The van der Waals surface area contributed by atoms with Crippen LogP contribution in [0.4, 0.5) is 5.82 Å². The summed E-state index contributed by atoms with van der Waals surface area (Å²) in [4.78, 5) is 16.7. The molecule has 6 nitrogen and oxygen atoms in total. The van der Waals surface area contributed by atoms with E-state index < -0.39 is 0 Å². The highest BCUT2D eigenvalue weighted by atomic mass is 16.5. The third-order valence-electron chi connectivity index (χ3n) is 5.45. The zero-order chi connectivity index (χ0) is 20.9. The predicted octanol–water partition coefficient (Wildman–Crippen LogP) is 3.35. The standard InChI is InChI=1S/C24H26N4O2/c1-18-6-8-19(9-7-18)16-24(29)28-14-12-27(13-15-28)23-11-10-22(25-26-23)20-4-3-5-21(17-20)30-2/h3-11,17H,12-16H2,1-2H3. The summed E-state index contributed by atoms with van der Waals surface area (Å²) in [7, 11) is 1.65. The van der Waals surface area contributed by atoms with Gasteiger partial charge in [0.15, 0.2) is 5.82 Å². The number of aromatic nitrogens is 2. The second kappa shape index (κ2) is 8.95. The van der Waals surface area contributed by atoms with Crippen LogP contribution in [-0.2, 0) is 11.2 Å². The Morgan fingerprint density at radius 3 is 2.40 bits per heavy atom. The summed E-state index contributed by atoms with van der Waals surface area (Å²) in [6.45, 7) is 4.96. The lowest BCUT2D eigenvalue weighted by molar-refractivity contribution is -0.130. The van der Waals surface area contributed by atoms with Crippen molar-refractivity contribution < 1.29 is 9.53 Å². The Morgan fingerprint density at radius 1 is 0.967 bits per heavy atom. The van der Waals surface area contributed by atoms with Gasteiger partial charge in [-0.1, -0.05) is 42.0 Å². The zero-order valence-corrected chi connectivity index (χ0v) is 17.4. The van der Waals surface area contributed by atoms with Crippen molar-refractivity contribution in [2.45, 2.75) is 13.3 Å². The fourth-order valence-corrected chi connectivity index (χ4v) is 3.61. The number of ether oxygens (including phenoxy) is 1. The number of carbonyl (C=O) groups excluding carboxylic acids is 1. The van der Waals surface area contributed by atoms with Crippen molar-refractivity contribution in [3.8, 4) is 17.0 Å². The molecule has 2 heterocycles. The lowest BCUT2D eigenvalue weighted by Gasteiger charge is -2.35.